The van der Waals surface area contributed by atoms with Crippen LogP contribution >= 0.6 is 0 Å². The fraction of sp³-hybridized carbons (Fsp3) is 0.238. The molecular weight excluding hydrogens is 312 g/mol. The van der Waals surface area contributed by atoms with Crippen molar-refractivity contribution in [2.75, 3.05) is 6.61 Å². The van der Waals surface area contributed by atoms with E-state index in [1.54, 1.807) is 6.20 Å². The Kier molecular flexibility index (Phi) is 4.34. The second-order valence-corrected chi connectivity index (χ2v) is 6.36. The maximum Gasteiger partial charge on any atom is 0.258 e. The molecule has 1 atom stereocenters. The third kappa shape index (κ3) is 3.48. The highest BCUT2D eigenvalue weighted by atomic mass is 16.5. The number of carbonyl (C=O) groups excluding carboxylic acids is 1. The van der Waals surface area contributed by atoms with Crippen LogP contribution in [0.1, 0.15) is 30.0 Å². The first kappa shape index (κ1) is 15.6. The van der Waals surface area contributed by atoms with Crippen molar-refractivity contribution < 1.29 is 9.53 Å². The number of nitrogens with one attached hydrogen (secondary N) is 1. The van der Waals surface area contributed by atoms with Gasteiger partial charge >= 0.3 is 0 Å². The summed E-state index contributed by atoms with van der Waals surface area (Å²) in [5, 5.41) is 4.11. The molecular formula is C21H20N2O2. The van der Waals surface area contributed by atoms with E-state index >= 15 is 0 Å². The molecule has 4 rings (SSSR count). The van der Waals surface area contributed by atoms with Crippen LogP contribution in [0.4, 0.5) is 0 Å². The number of fused-ring (bicyclic) bond motifs is 2. The molecule has 3 aromatic rings. The fourth-order valence-electron chi connectivity index (χ4n) is 3.43. The summed E-state index contributed by atoms with van der Waals surface area (Å²) in [6.07, 6.45) is 4.92. The van der Waals surface area contributed by atoms with Crippen molar-refractivity contribution in [1.29, 1.82) is 0 Å². The predicted octanol–water partition coefficient (Wildman–Crippen LogP) is 3.81. The highest BCUT2D eigenvalue weighted by molar-refractivity contribution is 5.80. The smallest absolute Gasteiger partial charge is 0.258 e. The third-order valence-electron chi connectivity index (χ3n) is 4.65. The van der Waals surface area contributed by atoms with Crippen molar-refractivity contribution in [2.24, 2.45) is 0 Å². The SMILES string of the molecule is O=C(COc1ccc2ncccc2c1)N[C@@H]1CCCc2ccccc21. The van der Waals surface area contributed by atoms with Gasteiger partial charge in [0.15, 0.2) is 6.61 Å². The summed E-state index contributed by atoms with van der Waals surface area (Å²) in [5.74, 6) is 0.590. The zero-order valence-electron chi connectivity index (χ0n) is 13.9. The van der Waals surface area contributed by atoms with Crippen LogP contribution in [0.3, 0.4) is 0 Å². The van der Waals surface area contributed by atoms with Crippen LogP contribution < -0.4 is 10.1 Å². The number of aromatic nitrogens is 1. The summed E-state index contributed by atoms with van der Waals surface area (Å²) in [6.45, 7) is 0.0183. The molecule has 1 N–H and O–H groups in total. The summed E-state index contributed by atoms with van der Waals surface area (Å²) in [7, 11) is 0. The largest absolute Gasteiger partial charge is 0.484 e. The van der Waals surface area contributed by atoms with Gasteiger partial charge in [0.05, 0.1) is 11.6 Å². The first-order valence-corrected chi connectivity index (χ1v) is 8.64. The molecule has 0 saturated heterocycles. The Bertz CT molecular complexity index is 907. The molecule has 0 aliphatic heterocycles. The normalized spacial score (nSPS) is 16.2. The van der Waals surface area contributed by atoms with Gasteiger partial charge in [-0.1, -0.05) is 30.3 Å². The maximum atomic E-state index is 12.3. The third-order valence-corrected chi connectivity index (χ3v) is 4.65. The molecule has 25 heavy (non-hydrogen) atoms. The van der Waals surface area contributed by atoms with E-state index in [0.717, 1.165) is 30.2 Å². The van der Waals surface area contributed by atoms with Gasteiger partial charge in [0.2, 0.25) is 0 Å². The van der Waals surface area contributed by atoms with Crippen LogP contribution in [-0.2, 0) is 11.2 Å². The number of carbonyl (C=O) groups is 1. The average molecular weight is 332 g/mol. The van der Waals surface area contributed by atoms with Gasteiger partial charge in [-0.3, -0.25) is 9.78 Å². The number of hydrogen-bond donors (Lipinski definition) is 1. The van der Waals surface area contributed by atoms with E-state index < -0.39 is 0 Å². The number of rotatable bonds is 4. The topological polar surface area (TPSA) is 51.2 Å². The average Bonchev–Trinajstić information content (AvgIpc) is 2.66. The Labute approximate surface area is 146 Å². The molecule has 0 fully saturated rings. The van der Waals surface area contributed by atoms with Gasteiger partial charge in [-0.2, -0.15) is 0 Å². The lowest BCUT2D eigenvalue weighted by Crippen LogP contribution is -2.34. The van der Waals surface area contributed by atoms with E-state index in [4.69, 9.17) is 4.74 Å². The van der Waals surface area contributed by atoms with E-state index in [9.17, 15) is 4.79 Å². The van der Waals surface area contributed by atoms with Crippen molar-refractivity contribution in [1.82, 2.24) is 10.3 Å². The van der Waals surface area contributed by atoms with Crippen molar-refractivity contribution in [2.45, 2.75) is 25.3 Å². The lowest BCUT2D eigenvalue weighted by atomic mass is 9.88. The standard InChI is InChI=1S/C21H20N2O2/c24-21(23-20-9-3-6-15-5-1-2-8-18(15)20)14-25-17-10-11-19-16(13-17)7-4-12-22-19/h1-2,4-5,7-8,10-13,20H,3,6,9,14H2,(H,23,24)/t20-/m1/s1. The van der Waals surface area contributed by atoms with Gasteiger partial charge in [-0.15, -0.1) is 0 Å². The van der Waals surface area contributed by atoms with Crippen molar-refractivity contribution in [3.8, 4) is 5.75 Å². The molecule has 126 valence electrons. The molecule has 1 aromatic heterocycles. The Morgan fingerprint density at radius 3 is 3.04 bits per heavy atom. The van der Waals surface area contributed by atoms with Gasteiger partial charge in [0.1, 0.15) is 5.75 Å². The molecule has 4 heteroatoms. The van der Waals surface area contributed by atoms with Crippen LogP contribution in [0.25, 0.3) is 10.9 Å². The lowest BCUT2D eigenvalue weighted by molar-refractivity contribution is -0.123. The highest BCUT2D eigenvalue weighted by Gasteiger charge is 2.21. The molecule has 0 spiro atoms. The van der Waals surface area contributed by atoms with E-state index in [2.05, 4.69) is 28.5 Å². The minimum Gasteiger partial charge on any atom is -0.484 e. The van der Waals surface area contributed by atoms with Gasteiger partial charge in [-0.25, -0.2) is 0 Å². The van der Waals surface area contributed by atoms with Crippen LogP contribution in [0.5, 0.6) is 5.75 Å². The van der Waals surface area contributed by atoms with Crippen LogP contribution in [-0.4, -0.2) is 17.5 Å². The Balaban J connectivity index is 1.39. The molecule has 0 radical (unpaired) electrons. The second-order valence-electron chi connectivity index (χ2n) is 6.36. The van der Waals surface area contributed by atoms with Gasteiger partial charge in [-0.05, 0) is 54.7 Å². The number of nitrogens with zero attached hydrogens (tertiary/aromatic N) is 1. The van der Waals surface area contributed by atoms with Crippen molar-refractivity contribution >= 4 is 16.8 Å². The molecule has 0 saturated carbocycles. The molecule has 1 amide bonds. The van der Waals surface area contributed by atoms with E-state index in [1.807, 2.05) is 36.4 Å². The lowest BCUT2D eigenvalue weighted by Gasteiger charge is -2.26. The fourth-order valence-corrected chi connectivity index (χ4v) is 3.43. The van der Waals surface area contributed by atoms with Crippen LogP contribution in [0, 0.1) is 0 Å². The molecule has 2 aromatic carbocycles. The quantitative estimate of drug-likeness (QED) is 0.790. The minimum atomic E-state index is -0.0898. The van der Waals surface area contributed by atoms with Crippen molar-refractivity contribution in [3.63, 3.8) is 0 Å². The zero-order chi connectivity index (χ0) is 17.1. The first-order chi connectivity index (χ1) is 12.3. The summed E-state index contributed by atoms with van der Waals surface area (Å²) in [6, 6.07) is 18.0. The number of ether oxygens (including phenoxy) is 1. The van der Waals surface area contributed by atoms with Gasteiger partial charge < -0.3 is 10.1 Å². The van der Waals surface area contributed by atoms with E-state index in [1.165, 1.54) is 11.1 Å². The number of benzene rings is 2. The van der Waals surface area contributed by atoms with Crippen LogP contribution in [0.15, 0.2) is 60.8 Å². The van der Waals surface area contributed by atoms with Crippen LogP contribution in [0.2, 0.25) is 0 Å². The molecule has 1 aliphatic rings. The van der Waals surface area contributed by atoms with Gasteiger partial charge in [0, 0.05) is 11.6 Å². The number of aryl methyl sites for hydroxylation is 1. The maximum absolute atomic E-state index is 12.3. The highest BCUT2D eigenvalue weighted by Crippen LogP contribution is 2.29. The summed E-state index contributed by atoms with van der Waals surface area (Å²) < 4.78 is 5.67. The molecule has 0 bridgehead atoms. The Morgan fingerprint density at radius 2 is 2.08 bits per heavy atom. The first-order valence-electron chi connectivity index (χ1n) is 8.64. The number of hydrogen-bond acceptors (Lipinski definition) is 3. The Morgan fingerprint density at radius 1 is 1.16 bits per heavy atom. The molecule has 1 aliphatic carbocycles. The molecule has 0 unspecified atom stereocenters. The number of amides is 1. The molecule has 4 nitrogen and oxygen atoms in total. The Hall–Kier alpha value is -2.88. The van der Waals surface area contributed by atoms with E-state index in [-0.39, 0.29) is 18.6 Å². The summed E-state index contributed by atoms with van der Waals surface area (Å²) in [4.78, 5) is 16.6. The predicted molar refractivity (Wildman–Crippen MR) is 97.5 cm³/mol. The second kappa shape index (κ2) is 6.93. The van der Waals surface area contributed by atoms with Crippen molar-refractivity contribution in [3.05, 3.63) is 71.9 Å². The van der Waals surface area contributed by atoms with Gasteiger partial charge in [0.25, 0.3) is 5.91 Å². The zero-order valence-corrected chi connectivity index (χ0v) is 13.9. The summed E-state index contributed by atoms with van der Waals surface area (Å²) >= 11 is 0. The monoisotopic (exact) mass is 332 g/mol. The summed E-state index contributed by atoms with van der Waals surface area (Å²) in [5.41, 5.74) is 3.49. The number of pyridine rings is 1. The molecule has 1 heterocycles. The minimum absolute atomic E-state index is 0.0183. The van der Waals surface area contributed by atoms with E-state index in [0.29, 0.717) is 5.75 Å².